The zero-order valence-corrected chi connectivity index (χ0v) is 10.5. The largest absolute Gasteiger partial charge is 0.338 e. The molecule has 0 unspecified atom stereocenters. The van der Waals surface area contributed by atoms with Crippen molar-refractivity contribution in [3.63, 3.8) is 0 Å². The summed E-state index contributed by atoms with van der Waals surface area (Å²) >= 11 is 5.86. The number of imidazole rings is 1. The molecule has 0 bridgehead atoms. The van der Waals surface area contributed by atoms with Gasteiger partial charge in [0.05, 0.1) is 11.0 Å². The average molecular weight is 270 g/mol. The molecule has 0 fully saturated rings. The Hall–Kier alpha value is -2.49. The first-order chi connectivity index (χ1) is 9.26. The maximum absolute atomic E-state index is 8.42. The maximum atomic E-state index is 8.42. The summed E-state index contributed by atoms with van der Waals surface area (Å²) < 4.78 is 0. The van der Waals surface area contributed by atoms with Crippen LogP contribution in [0.15, 0.2) is 47.6 Å². The lowest BCUT2D eigenvalue weighted by atomic mass is 10.2. The summed E-state index contributed by atoms with van der Waals surface area (Å²) in [5.41, 5.74) is 11.6. The molecule has 3 rings (SSSR count). The van der Waals surface area contributed by atoms with Gasteiger partial charge in [-0.1, -0.05) is 22.8 Å². The van der Waals surface area contributed by atoms with Crippen LogP contribution in [0.1, 0.15) is 0 Å². The molecule has 2 aromatic carbocycles. The Morgan fingerprint density at radius 3 is 2.68 bits per heavy atom. The van der Waals surface area contributed by atoms with Gasteiger partial charge in [-0.2, -0.15) is 0 Å². The molecule has 0 aliphatic heterocycles. The second kappa shape index (κ2) is 4.65. The Labute approximate surface area is 113 Å². The van der Waals surface area contributed by atoms with Crippen molar-refractivity contribution in [2.24, 2.45) is 5.11 Å². The van der Waals surface area contributed by atoms with Gasteiger partial charge in [0, 0.05) is 21.2 Å². The first-order valence-electron chi connectivity index (χ1n) is 5.57. The maximum Gasteiger partial charge on any atom is 0.138 e. The van der Waals surface area contributed by atoms with Gasteiger partial charge in [-0.3, -0.25) is 0 Å². The Balaban J connectivity index is 2.10. The topological polar surface area (TPSA) is 77.4 Å². The van der Waals surface area contributed by atoms with Crippen LogP contribution in [0.3, 0.4) is 0 Å². The second-order valence-corrected chi connectivity index (χ2v) is 4.42. The highest BCUT2D eigenvalue weighted by Crippen LogP contribution is 2.24. The molecule has 92 valence electrons. The van der Waals surface area contributed by atoms with E-state index >= 15 is 0 Å². The molecular formula is C13H8ClN5. The number of hydrogen-bond acceptors (Lipinski definition) is 2. The molecule has 0 aliphatic carbocycles. The monoisotopic (exact) mass is 269 g/mol. The number of aromatic nitrogens is 2. The van der Waals surface area contributed by atoms with E-state index in [0.717, 1.165) is 22.4 Å². The summed E-state index contributed by atoms with van der Waals surface area (Å²) in [6, 6.07) is 12.7. The number of hydrogen-bond donors (Lipinski definition) is 1. The number of H-pyrrole nitrogens is 1. The molecule has 6 heteroatoms. The summed E-state index contributed by atoms with van der Waals surface area (Å²) in [5, 5.41) is 4.25. The van der Waals surface area contributed by atoms with Crippen molar-refractivity contribution >= 4 is 28.3 Å². The molecule has 0 aliphatic rings. The van der Waals surface area contributed by atoms with Gasteiger partial charge in [-0.15, -0.1) is 0 Å². The van der Waals surface area contributed by atoms with E-state index in [9.17, 15) is 0 Å². The van der Waals surface area contributed by atoms with Gasteiger partial charge < -0.3 is 4.98 Å². The third-order valence-electron chi connectivity index (χ3n) is 2.74. The Morgan fingerprint density at radius 2 is 1.95 bits per heavy atom. The Kier molecular flexibility index (Phi) is 2.83. The highest BCUT2D eigenvalue weighted by molar-refractivity contribution is 6.30. The van der Waals surface area contributed by atoms with Gasteiger partial charge in [0.2, 0.25) is 0 Å². The van der Waals surface area contributed by atoms with Crippen LogP contribution in [0.25, 0.3) is 32.9 Å². The summed E-state index contributed by atoms with van der Waals surface area (Å²) in [7, 11) is 0. The number of fused-ring (bicyclic) bond motifs is 1. The zero-order valence-electron chi connectivity index (χ0n) is 9.71. The first kappa shape index (κ1) is 11.6. The molecular weight excluding hydrogens is 262 g/mol. The van der Waals surface area contributed by atoms with Crippen molar-refractivity contribution in [1.29, 1.82) is 0 Å². The fourth-order valence-electron chi connectivity index (χ4n) is 1.86. The van der Waals surface area contributed by atoms with Gasteiger partial charge in [-0.05, 0) is 41.9 Å². The van der Waals surface area contributed by atoms with Gasteiger partial charge in [-0.25, -0.2) is 4.98 Å². The van der Waals surface area contributed by atoms with Crippen molar-refractivity contribution in [2.45, 2.75) is 0 Å². The summed E-state index contributed by atoms with van der Waals surface area (Å²) in [6.45, 7) is 0. The number of benzene rings is 2. The summed E-state index contributed by atoms with van der Waals surface area (Å²) in [6.07, 6.45) is 0. The number of nitrogens with one attached hydrogen (secondary N) is 1. The van der Waals surface area contributed by atoms with Crippen molar-refractivity contribution in [3.8, 4) is 11.4 Å². The third kappa shape index (κ3) is 2.25. The standard InChI is InChI=1S/C13H8ClN5/c14-9-3-1-8(2-4-9)13-16-11-6-5-10(18-19-15)7-12(11)17-13/h1-7H,(H,16,17). The molecule has 1 N–H and O–H groups in total. The quantitative estimate of drug-likeness (QED) is 0.404. The van der Waals surface area contributed by atoms with Gasteiger partial charge in [0.1, 0.15) is 5.82 Å². The molecule has 1 heterocycles. The van der Waals surface area contributed by atoms with E-state index in [-0.39, 0.29) is 0 Å². The number of azide groups is 1. The van der Waals surface area contributed by atoms with Crippen LogP contribution in [0.4, 0.5) is 5.69 Å². The lowest BCUT2D eigenvalue weighted by Crippen LogP contribution is -1.78. The molecule has 5 nitrogen and oxygen atoms in total. The van der Waals surface area contributed by atoms with Gasteiger partial charge in [0.25, 0.3) is 0 Å². The van der Waals surface area contributed by atoms with Crippen LogP contribution in [-0.4, -0.2) is 9.97 Å². The summed E-state index contributed by atoms with van der Waals surface area (Å²) in [5.74, 6) is 0.754. The van der Waals surface area contributed by atoms with E-state index in [1.54, 1.807) is 12.1 Å². The lowest BCUT2D eigenvalue weighted by Gasteiger charge is -1.95. The minimum atomic E-state index is 0.557. The van der Waals surface area contributed by atoms with Crippen LogP contribution in [-0.2, 0) is 0 Å². The van der Waals surface area contributed by atoms with Crippen LogP contribution < -0.4 is 0 Å². The molecule has 0 amide bonds. The van der Waals surface area contributed by atoms with Crippen LogP contribution >= 0.6 is 11.6 Å². The predicted molar refractivity (Wildman–Crippen MR) is 75.3 cm³/mol. The van der Waals surface area contributed by atoms with Crippen molar-refractivity contribution in [1.82, 2.24) is 9.97 Å². The van der Waals surface area contributed by atoms with Gasteiger partial charge >= 0.3 is 0 Å². The number of aromatic amines is 1. The minimum absolute atomic E-state index is 0.557. The molecule has 19 heavy (non-hydrogen) atoms. The number of nitrogens with zero attached hydrogens (tertiary/aromatic N) is 4. The SMILES string of the molecule is [N-]=[N+]=Nc1ccc2nc(-c3ccc(Cl)cc3)[nH]c2c1. The Bertz CT molecular complexity index is 784. The number of halogens is 1. The van der Waals surface area contributed by atoms with E-state index in [0.29, 0.717) is 10.7 Å². The van der Waals surface area contributed by atoms with E-state index in [1.165, 1.54) is 0 Å². The van der Waals surface area contributed by atoms with Crippen LogP contribution in [0.2, 0.25) is 5.02 Å². The summed E-state index contributed by atoms with van der Waals surface area (Å²) in [4.78, 5) is 10.4. The molecule has 0 saturated heterocycles. The van der Waals surface area contributed by atoms with Crippen LogP contribution in [0, 0.1) is 0 Å². The van der Waals surface area contributed by atoms with E-state index in [2.05, 4.69) is 20.0 Å². The van der Waals surface area contributed by atoms with E-state index in [1.807, 2.05) is 30.3 Å². The normalized spacial score (nSPS) is 10.4. The zero-order chi connectivity index (χ0) is 13.2. The molecule has 3 aromatic rings. The highest BCUT2D eigenvalue weighted by Gasteiger charge is 2.05. The third-order valence-corrected chi connectivity index (χ3v) is 3.00. The smallest absolute Gasteiger partial charge is 0.138 e. The minimum Gasteiger partial charge on any atom is -0.338 e. The average Bonchev–Trinajstić information content (AvgIpc) is 2.83. The second-order valence-electron chi connectivity index (χ2n) is 3.98. The van der Waals surface area contributed by atoms with Crippen LogP contribution in [0.5, 0.6) is 0 Å². The number of rotatable bonds is 2. The van der Waals surface area contributed by atoms with E-state index < -0.39 is 0 Å². The van der Waals surface area contributed by atoms with E-state index in [4.69, 9.17) is 17.1 Å². The molecule has 1 aromatic heterocycles. The predicted octanol–water partition coefficient (Wildman–Crippen LogP) is 4.83. The lowest BCUT2D eigenvalue weighted by molar-refractivity contribution is 1.34. The molecule has 0 spiro atoms. The van der Waals surface area contributed by atoms with Gasteiger partial charge in [0.15, 0.2) is 0 Å². The van der Waals surface area contributed by atoms with Crippen molar-refractivity contribution in [2.75, 3.05) is 0 Å². The fourth-order valence-corrected chi connectivity index (χ4v) is 1.98. The highest BCUT2D eigenvalue weighted by atomic mass is 35.5. The first-order valence-corrected chi connectivity index (χ1v) is 5.95. The van der Waals surface area contributed by atoms with Crippen molar-refractivity contribution < 1.29 is 0 Å². The molecule has 0 atom stereocenters. The molecule has 0 saturated carbocycles. The molecule has 0 radical (unpaired) electrons. The fraction of sp³-hybridized carbons (Fsp3) is 0. The Morgan fingerprint density at radius 1 is 1.16 bits per heavy atom. The van der Waals surface area contributed by atoms with Crippen molar-refractivity contribution in [3.05, 3.63) is 57.9 Å².